The average Bonchev–Trinajstić information content (AvgIpc) is 2.73. The van der Waals surface area contributed by atoms with Gasteiger partial charge in [-0.05, 0) is 48.4 Å². The summed E-state index contributed by atoms with van der Waals surface area (Å²) < 4.78 is 10.7. The minimum atomic E-state index is -0.308. The van der Waals surface area contributed by atoms with Gasteiger partial charge in [-0.1, -0.05) is 30.1 Å². The quantitative estimate of drug-likeness (QED) is 0.375. The van der Waals surface area contributed by atoms with Crippen LogP contribution in [0, 0.1) is 0 Å². The first-order chi connectivity index (χ1) is 14.5. The van der Waals surface area contributed by atoms with E-state index in [0.29, 0.717) is 33.7 Å². The van der Waals surface area contributed by atoms with E-state index in [0.717, 1.165) is 17.7 Å². The van der Waals surface area contributed by atoms with Gasteiger partial charge < -0.3 is 9.47 Å². The van der Waals surface area contributed by atoms with Crippen molar-refractivity contribution in [3.8, 4) is 22.8 Å². The monoisotopic (exact) mass is 446 g/mol. The second-order valence-electron chi connectivity index (χ2n) is 6.24. The number of methoxy groups -OCH3 is 1. The summed E-state index contributed by atoms with van der Waals surface area (Å²) in [5.41, 5.74) is 4.34. The van der Waals surface area contributed by atoms with Crippen molar-refractivity contribution in [1.82, 2.24) is 9.97 Å². The maximum absolute atomic E-state index is 12.0. The van der Waals surface area contributed by atoms with E-state index in [1.807, 2.05) is 19.1 Å². The Hall–Kier alpha value is -3.03. The van der Waals surface area contributed by atoms with Gasteiger partial charge >= 0.3 is 0 Å². The molecule has 2 aromatic carbocycles. The van der Waals surface area contributed by atoms with Crippen LogP contribution < -0.4 is 20.5 Å². The number of hydrogen-bond acceptors (Lipinski definition) is 6. The van der Waals surface area contributed by atoms with E-state index in [9.17, 15) is 4.79 Å². The van der Waals surface area contributed by atoms with Gasteiger partial charge in [0.25, 0.3) is 5.56 Å². The van der Waals surface area contributed by atoms with Crippen LogP contribution in [0.4, 0.5) is 5.95 Å². The maximum Gasteiger partial charge on any atom is 0.252 e. The first-order valence-electron chi connectivity index (χ1n) is 9.17. The number of hydrazone groups is 1. The highest BCUT2D eigenvalue weighted by Crippen LogP contribution is 2.34. The van der Waals surface area contributed by atoms with Gasteiger partial charge in [0, 0.05) is 11.6 Å². The number of benzene rings is 2. The molecule has 0 bridgehead atoms. The lowest BCUT2D eigenvalue weighted by atomic mass is 10.1. The summed E-state index contributed by atoms with van der Waals surface area (Å²) in [6, 6.07) is 12.0. The summed E-state index contributed by atoms with van der Waals surface area (Å²) in [5.74, 6) is 1.36. The molecular formula is C21H20Cl2N4O3. The molecule has 3 rings (SSSR count). The van der Waals surface area contributed by atoms with Crippen LogP contribution >= 0.6 is 23.2 Å². The molecule has 7 nitrogen and oxygen atoms in total. The highest BCUT2D eigenvalue weighted by Gasteiger charge is 2.09. The van der Waals surface area contributed by atoms with E-state index >= 15 is 0 Å². The van der Waals surface area contributed by atoms with Crippen LogP contribution in [0.3, 0.4) is 0 Å². The smallest absolute Gasteiger partial charge is 0.252 e. The highest BCUT2D eigenvalue weighted by atomic mass is 35.5. The third kappa shape index (κ3) is 5.52. The molecule has 30 heavy (non-hydrogen) atoms. The Morgan fingerprint density at radius 1 is 1.17 bits per heavy atom. The van der Waals surface area contributed by atoms with Gasteiger partial charge in [0.2, 0.25) is 5.95 Å². The van der Waals surface area contributed by atoms with Crippen LogP contribution in [0.1, 0.15) is 18.9 Å². The second kappa shape index (κ2) is 10.1. The van der Waals surface area contributed by atoms with Crippen molar-refractivity contribution in [1.29, 1.82) is 0 Å². The Labute approximate surface area is 183 Å². The minimum absolute atomic E-state index is 0.199. The Morgan fingerprint density at radius 2 is 1.87 bits per heavy atom. The molecule has 1 heterocycles. The van der Waals surface area contributed by atoms with Gasteiger partial charge in [0.15, 0.2) is 5.75 Å². The van der Waals surface area contributed by atoms with Gasteiger partial charge in [0.05, 0.1) is 35.7 Å². The van der Waals surface area contributed by atoms with E-state index in [1.54, 1.807) is 31.4 Å². The highest BCUT2D eigenvalue weighted by molar-refractivity contribution is 6.37. The number of H-pyrrole nitrogens is 1. The van der Waals surface area contributed by atoms with E-state index in [1.165, 1.54) is 12.3 Å². The van der Waals surface area contributed by atoms with Crippen molar-refractivity contribution in [3.05, 3.63) is 68.4 Å². The second-order valence-corrected chi connectivity index (χ2v) is 7.05. The lowest BCUT2D eigenvalue weighted by Gasteiger charge is -2.09. The largest absolute Gasteiger partial charge is 0.497 e. The molecule has 2 N–H and O–H groups in total. The number of nitrogens with one attached hydrogen (secondary N) is 2. The number of aromatic amines is 1. The van der Waals surface area contributed by atoms with Crippen molar-refractivity contribution in [2.45, 2.75) is 13.3 Å². The topological polar surface area (TPSA) is 88.6 Å². The normalized spacial score (nSPS) is 10.9. The zero-order valence-corrected chi connectivity index (χ0v) is 17.9. The average molecular weight is 447 g/mol. The Morgan fingerprint density at radius 3 is 2.50 bits per heavy atom. The summed E-state index contributed by atoms with van der Waals surface area (Å²) in [7, 11) is 1.59. The number of nitrogens with zero attached hydrogens (tertiary/aromatic N) is 2. The van der Waals surface area contributed by atoms with E-state index in [4.69, 9.17) is 32.7 Å². The number of aromatic nitrogens is 2. The molecule has 0 aliphatic rings. The van der Waals surface area contributed by atoms with Crippen LogP contribution in [-0.2, 0) is 0 Å². The number of anilines is 1. The molecule has 0 aliphatic carbocycles. The molecule has 0 radical (unpaired) electrons. The first-order valence-corrected chi connectivity index (χ1v) is 9.92. The molecular weight excluding hydrogens is 427 g/mol. The molecule has 156 valence electrons. The first kappa shape index (κ1) is 21.7. The number of rotatable bonds is 8. The third-order valence-corrected chi connectivity index (χ3v) is 4.54. The molecule has 3 aromatic rings. The fourth-order valence-corrected chi connectivity index (χ4v) is 3.20. The van der Waals surface area contributed by atoms with Gasteiger partial charge in [0.1, 0.15) is 5.75 Å². The van der Waals surface area contributed by atoms with Crippen molar-refractivity contribution in [2.75, 3.05) is 19.1 Å². The van der Waals surface area contributed by atoms with Crippen LogP contribution in [0.2, 0.25) is 10.0 Å². The van der Waals surface area contributed by atoms with Gasteiger partial charge in [-0.2, -0.15) is 5.10 Å². The lowest BCUT2D eigenvalue weighted by molar-refractivity contribution is 0.318. The fourth-order valence-electron chi connectivity index (χ4n) is 2.58. The van der Waals surface area contributed by atoms with Gasteiger partial charge in [-0.15, -0.1) is 0 Å². The van der Waals surface area contributed by atoms with E-state index in [-0.39, 0.29) is 11.5 Å². The van der Waals surface area contributed by atoms with Crippen LogP contribution in [0.15, 0.2) is 52.4 Å². The van der Waals surface area contributed by atoms with Crippen LogP contribution in [0.5, 0.6) is 11.5 Å². The Balaban J connectivity index is 1.76. The third-order valence-electron chi connectivity index (χ3n) is 3.98. The van der Waals surface area contributed by atoms with Crippen molar-refractivity contribution in [2.24, 2.45) is 5.10 Å². The summed E-state index contributed by atoms with van der Waals surface area (Å²) >= 11 is 12.5. The molecule has 0 atom stereocenters. The zero-order chi connectivity index (χ0) is 21.5. The number of hydrogen-bond donors (Lipinski definition) is 2. The molecule has 9 heteroatoms. The molecule has 0 saturated carbocycles. The van der Waals surface area contributed by atoms with Crippen LogP contribution in [-0.4, -0.2) is 29.9 Å². The van der Waals surface area contributed by atoms with Crippen molar-refractivity contribution in [3.63, 3.8) is 0 Å². The standard InChI is InChI=1S/C21H20Cl2N4O3/c1-3-8-30-20-16(22)9-13(10-17(20)23)12-24-27-21-25-18(11-19(28)26-21)14-4-6-15(29-2)7-5-14/h4-7,9-12H,3,8H2,1-2H3,(H2,25,26,27,28)/b24-12-. The summed E-state index contributed by atoms with van der Waals surface area (Å²) in [6.07, 6.45) is 2.36. The van der Waals surface area contributed by atoms with Crippen molar-refractivity contribution >= 4 is 35.4 Å². The molecule has 0 amide bonds. The summed E-state index contributed by atoms with van der Waals surface area (Å²) in [5, 5.41) is 4.89. The Kier molecular flexibility index (Phi) is 7.32. The Bertz CT molecular complexity index is 1080. The van der Waals surface area contributed by atoms with Crippen molar-refractivity contribution < 1.29 is 9.47 Å². The van der Waals surface area contributed by atoms with Gasteiger partial charge in [-0.3, -0.25) is 9.78 Å². The predicted octanol–water partition coefficient (Wildman–Crippen LogP) is 4.99. The SMILES string of the molecule is CCCOc1c(Cl)cc(/C=N\Nc2nc(-c3ccc(OC)cc3)cc(=O)[nH]2)cc1Cl. The van der Waals surface area contributed by atoms with Gasteiger partial charge in [-0.25, -0.2) is 10.4 Å². The molecule has 0 unspecified atom stereocenters. The summed E-state index contributed by atoms with van der Waals surface area (Å²) in [4.78, 5) is 19.0. The van der Waals surface area contributed by atoms with Crippen LogP contribution in [0.25, 0.3) is 11.3 Å². The lowest BCUT2D eigenvalue weighted by Crippen LogP contribution is -2.10. The minimum Gasteiger partial charge on any atom is -0.497 e. The molecule has 0 aliphatic heterocycles. The van der Waals surface area contributed by atoms with E-state index < -0.39 is 0 Å². The number of halogens is 2. The molecule has 1 aromatic heterocycles. The number of ether oxygens (including phenoxy) is 2. The fraction of sp³-hybridized carbons (Fsp3) is 0.190. The zero-order valence-electron chi connectivity index (χ0n) is 16.4. The molecule has 0 spiro atoms. The molecule has 0 fully saturated rings. The predicted molar refractivity (Wildman–Crippen MR) is 120 cm³/mol. The summed E-state index contributed by atoms with van der Waals surface area (Å²) in [6.45, 7) is 2.52. The maximum atomic E-state index is 12.0. The molecule has 0 saturated heterocycles. The van der Waals surface area contributed by atoms with E-state index in [2.05, 4.69) is 20.5 Å².